The summed E-state index contributed by atoms with van der Waals surface area (Å²) in [7, 11) is 0. The van der Waals surface area contributed by atoms with Crippen LogP contribution < -0.4 is 5.73 Å². The van der Waals surface area contributed by atoms with Crippen molar-refractivity contribution in [2.75, 3.05) is 0 Å². The van der Waals surface area contributed by atoms with Crippen molar-refractivity contribution >= 4 is 23.5 Å². The minimum Gasteiger partial charge on any atom is -0.370 e. The quantitative estimate of drug-likeness (QED) is 0.674. The molecule has 0 saturated heterocycles. The van der Waals surface area contributed by atoms with Crippen LogP contribution in [0.5, 0.6) is 0 Å². The Kier molecular flexibility index (Phi) is 4.56. The third-order valence-corrected chi connectivity index (χ3v) is 8.56. The van der Waals surface area contributed by atoms with E-state index in [0.717, 1.165) is 60.8 Å². The van der Waals surface area contributed by atoms with E-state index in [4.69, 9.17) is 5.73 Å². The van der Waals surface area contributed by atoms with E-state index in [1.54, 1.807) is 0 Å². The number of ketones is 1. The smallest absolute Gasteiger partial charge is 0.219 e. The predicted molar refractivity (Wildman–Crippen MR) is 107 cm³/mol. The molecule has 1 heterocycles. The Labute approximate surface area is 170 Å². The first-order valence-electron chi connectivity index (χ1n) is 10.9. The van der Waals surface area contributed by atoms with Crippen LogP contribution in [0.4, 0.5) is 0 Å². The summed E-state index contributed by atoms with van der Waals surface area (Å²) in [6.07, 6.45) is 9.88. The summed E-state index contributed by atoms with van der Waals surface area (Å²) in [5.74, 6) is 3.83. The second kappa shape index (κ2) is 6.85. The number of hydrogen-bond acceptors (Lipinski definition) is 5. The topological polar surface area (TPSA) is 90.9 Å². The van der Waals surface area contributed by atoms with E-state index in [-0.39, 0.29) is 23.0 Å². The maximum Gasteiger partial charge on any atom is 0.219 e. The molecule has 28 heavy (non-hydrogen) atoms. The summed E-state index contributed by atoms with van der Waals surface area (Å²) in [5, 5.41) is 9.43. The van der Waals surface area contributed by atoms with Gasteiger partial charge in [-0.25, -0.2) is 0 Å². The van der Waals surface area contributed by atoms with Crippen molar-refractivity contribution in [2.45, 2.75) is 87.6 Å². The SMILES string of the molecule is CC(Sc1nnc(C2CC2)n1CCC(N)=O)C(=O)C12CC3CC(CC(C3)C1)C2. The second-order valence-corrected chi connectivity index (χ2v) is 11.1. The molecule has 1 aromatic rings. The zero-order valence-electron chi connectivity index (χ0n) is 16.6. The molecule has 6 rings (SSSR count). The molecule has 2 N–H and O–H groups in total. The molecule has 1 unspecified atom stereocenters. The molecule has 7 heteroatoms. The van der Waals surface area contributed by atoms with Crippen molar-refractivity contribution in [3.05, 3.63) is 5.82 Å². The van der Waals surface area contributed by atoms with Crippen molar-refractivity contribution in [2.24, 2.45) is 28.9 Å². The lowest BCUT2D eigenvalue weighted by molar-refractivity contribution is -0.143. The van der Waals surface area contributed by atoms with Gasteiger partial charge in [0.25, 0.3) is 0 Å². The highest BCUT2D eigenvalue weighted by atomic mass is 32.2. The Balaban J connectivity index is 1.33. The summed E-state index contributed by atoms with van der Waals surface area (Å²) in [6.45, 7) is 2.55. The average Bonchev–Trinajstić information content (AvgIpc) is 3.40. The zero-order chi connectivity index (χ0) is 19.5. The third kappa shape index (κ3) is 3.29. The lowest BCUT2D eigenvalue weighted by Crippen LogP contribution is -2.51. The van der Waals surface area contributed by atoms with E-state index in [1.165, 1.54) is 31.0 Å². The molecule has 5 aliphatic rings. The molecule has 1 atom stereocenters. The monoisotopic (exact) mass is 402 g/mol. The van der Waals surface area contributed by atoms with Gasteiger partial charge in [-0.05, 0) is 76.0 Å². The van der Waals surface area contributed by atoms with E-state index >= 15 is 0 Å². The van der Waals surface area contributed by atoms with Crippen LogP contribution in [0.25, 0.3) is 0 Å². The standard InChI is InChI=1S/C21H30N4O2S/c1-12(18(27)21-9-13-6-14(10-21)8-15(7-13)11-21)28-20-24-23-19(16-2-3-16)25(20)5-4-17(22)26/h12-16H,2-11H2,1H3,(H2,22,26). The van der Waals surface area contributed by atoms with E-state index < -0.39 is 0 Å². The number of Topliss-reactive ketones (excluding diaryl/α,β-unsaturated/α-hetero) is 1. The highest BCUT2D eigenvalue weighted by Crippen LogP contribution is 2.61. The molecule has 0 radical (unpaired) electrons. The van der Waals surface area contributed by atoms with Crippen LogP contribution in [-0.2, 0) is 16.1 Å². The van der Waals surface area contributed by atoms with Gasteiger partial charge < -0.3 is 10.3 Å². The third-order valence-electron chi connectivity index (χ3n) is 7.48. The van der Waals surface area contributed by atoms with E-state index in [2.05, 4.69) is 10.2 Å². The van der Waals surface area contributed by atoms with Gasteiger partial charge in [-0.15, -0.1) is 10.2 Å². The molecule has 6 nitrogen and oxygen atoms in total. The minimum atomic E-state index is -0.316. The number of nitrogens with two attached hydrogens (primary N) is 1. The van der Waals surface area contributed by atoms with Crippen LogP contribution in [0.2, 0.25) is 0 Å². The fourth-order valence-corrected chi connectivity index (χ4v) is 7.59. The number of primary amides is 1. The van der Waals surface area contributed by atoms with Gasteiger partial charge in [-0.2, -0.15) is 0 Å². The number of rotatable bonds is 8. The summed E-state index contributed by atoms with van der Waals surface area (Å²) in [4.78, 5) is 24.9. The molecule has 1 aromatic heterocycles. The number of carbonyl (C=O) groups is 2. The molecule has 0 aliphatic heterocycles. The molecule has 1 amide bonds. The van der Waals surface area contributed by atoms with Crippen molar-refractivity contribution in [1.29, 1.82) is 0 Å². The van der Waals surface area contributed by atoms with E-state index in [9.17, 15) is 9.59 Å². The molecule has 5 fully saturated rings. The summed E-state index contributed by atoms with van der Waals surface area (Å²) < 4.78 is 2.04. The van der Waals surface area contributed by atoms with Crippen molar-refractivity contribution in [3.8, 4) is 0 Å². The lowest BCUT2D eigenvalue weighted by atomic mass is 9.48. The minimum absolute atomic E-state index is 0.0848. The maximum atomic E-state index is 13.6. The van der Waals surface area contributed by atoms with Gasteiger partial charge in [-0.1, -0.05) is 11.8 Å². The molecule has 152 valence electrons. The number of hydrogen-bond donors (Lipinski definition) is 1. The zero-order valence-corrected chi connectivity index (χ0v) is 17.4. The van der Waals surface area contributed by atoms with Gasteiger partial charge in [-0.3, -0.25) is 9.59 Å². The second-order valence-electron chi connectivity index (χ2n) is 9.81. The van der Waals surface area contributed by atoms with Crippen LogP contribution in [0.3, 0.4) is 0 Å². The normalized spacial score (nSPS) is 34.5. The predicted octanol–water partition coefficient (Wildman–Crippen LogP) is 3.30. The Hall–Kier alpha value is -1.37. The summed E-state index contributed by atoms with van der Waals surface area (Å²) in [6, 6.07) is 0. The van der Waals surface area contributed by atoms with Crippen LogP contribution in [-0.4, -0.2) is 31.7 Å². The van der Waals surface area contributed by atoms with Gasteiger partial charge in [0.2, 0.25) is 5.91 Å². The first-order valence-corrected chi connectivity index (χ1v) is 11.7. The van der Waals surface area contributed by atoms with Gasteiger partial charge in [0.15, 0.2) is 10.9 Å². The van der Waals surface area contributed by atoms with Gasteiger partial charge in [0.05, 0.1) is 5.25 Å². The Morgan fingerprint density at radius 1 is 1.14 bits per heavy atom. The molecular formula is C21H30N4O2S. The molecule has 5 aliphatic carbocycles. The number of aromatic nitrogens is 3. The van der Waals surface area contributed by atoms with Crippen LogP contribution in [0.15, 0.2) is 5.16 Å². The molecule has 4 bridgehead atoms. The Morgan fingerprint density at radius 3 is 2.29 bits per heavy atom. The Bertz CT molecular complexity index is 765. The van der Waals surface area contributed by atoms with E-state index in [0.29, 0.717) is 18.2 Å². The number of amides is 1. The number of thioether (sulfide) groups is 1. The van der Waals surface area contributed by atoms with Crippen molar-refractivity contribution in [3.63, 3.8) is 0 Å². The molecular weight excluding hydrogens is 372 g/mol. The highest BCUT2D eigenvalue weighted by molar-refractivity contribution is 8.00. The van der Waals surface area contributed by atoms with Gasteiger partial charge >= 0.3 is 0 Å². The van der Waals surface area contributed by atoms with Crippen LogP contribution >= 0.6 is 11.8 Å². The van der Waals surface area contributed by atoms with Crippen LogP contribution in [0, 0.1) is 23.2 Å². The van der Waals surface area contributed by atoms with Crippen molar-refractivity contribution < 1.29 is 9.59 Å². The fourth-order valence-electron chi connectivity index (χ4n) is 6.52. The lowest BCUT2D eigenvalue weighted by Gasteiger charge is -2.56. The summed E-state index contributed by atoms with van der Waals surface area (Å²) >= 11 is 1.53. The van der Waals surface area contributed by atoms with Crippen LogP contribution in [0.1, 0.15) is 76.5 Å². The number of carbonyl (C=O) groups excluding carboxylic acids is 2. The maximum absolute atomic E-state index is 13.6. The first-order chi connectivity index (χ1) is 13.4. The van der Waals surface area contributed by atoms with Gasteiger partial charge in [0.1, 0.15) is 5.82 Å². The van der Waals surface area contributed by atoms with Gasteiger partial charge in [0, 0.05) is 24.3 Å². The molecule has 0 spiro atoms. The summed E-state index contributed by atoms with van der Waals surface area (Å²) in [5.41, 5.74) is 5.28. The molecule has 5 saturated carbocycles. The molecule has 0 aromatic carbocycles. The fraction of sp³-hybridized carbons (Fsp3) is 0.810. The Morgan fingerprint density at radius 2 is 1.75 bits per heavy atom. The number of nitrogens with zero attached hydrogens (tertiary/aromatic N) is 3. The van der Waals surface area contributed by atoms with E-state index in [1.807, 2.05) is 11.5 Å². The van der Waals surface area contributed by atoms with Crippen molar-refractivity contribution in [1.82, 2.24) is 14.8 Å². The average molecular weight is 403 g/mol. The highest BCUT2D eigenvalue weighted by Gasteiger charge is 2.55. The largest absolute Gasteiger partial charge is 0.370 e. The first kappa shape index (κ1) is 18.6.